The molecule has 0 aliphatic heterocycles. The van der Waals surface area contributed by atoms with Gasteiger partial charge in [-0.2, -0.15) is 0 Å². The van der Waals surface area contributed by atoms with Crippen molar-refractivity contribution in [3.8, 4) is 0 Å². The first-order chi connectivity index (χ1) is 7.75. The molecule has 0 unspecified atom stereocenters. The first kappa shape index (κ1) is 10.3. The third-order valence-corrected chi connectivity index (χ3v) is 4.27. The minimum Gasteiger partial charge on any atom is -0.207 e. The van der Waals surface area contributed by atoms with Gasteiger partial charge in [-0.05, 0) is 60.3 Å². The van der Waals surface area contributed by atoms with Crippen LogP contribution in [0, 0.1) is 11.7 Å². The average Bonchev–Trinajstić information content (AvgIpc) is 3.02. The summed E-state index contributed by atoms with van der Waals surface area (Å²) in [5.41, 5.74) is 3.79. The predicted octanol–water partition coefficient (Wildman–Crippen LogP) is 4.22. The fraction of sp³-hybridized carbons (Fsp3) is 0.600. The number of halogens is 1. The summed E-state index contributed by atoms with van der Waals surface area (Å²) in [4.78, 5) is 0. The molecule has 1 fully saturated rings. The van der Waals surface area contributed by atoms with Gasteiger partial charge < -0.3 is 0 Å². The molecule has 0 radical (unpaired) electrons. The van der Waals surface area contributed by atoms with E-state index in [1.807, 2.05) is 6.07 Å². The number of hydrogen-bond donors (Lipinski definition) is 0. The van der Waals surface area contributed by atoms with Crippen molar-refractivity contribution in [3.63, 3.8) is 0 Å². The molecule has 16 heavy (non-hydrogen) atoms. The number of benzene rings is 1. The zero-order valence-electron chi connectivity index (χ0n) is 9.93. The molecule has 1 aromatic rings. The molecule has 3 rings (SSSR count). The van der Waals surface area contributed by atoms with Crippen molar-refractivity contribution in [1.82, 2.24) is 0 Å². The van der Waals surface area contributed by atoms with Gasteiger partial charge in [0.05, 0.1) is 0 Å². The van der Waals surface area contributed by atoms with Crippen LogP contribution < -0.4 is 0 Å². The fourth-order valence-corrected chi connectivity index (χ4v) is 2.98. The summed E-state index contributed by atoms with van der Waals surface area (Å²) < 4.78 is 13.8. The molecule has 0 N–H and O–H groups in total. The van der Waals surface area contributed by atoms with Crippen molar-refractivity contribution in [1.29, 1.82) is 0 Å². The maximum Gasteiger partial charge on any atom is 0.126 e. The molecule has 0 saturated heterocycles. The minimum atomic E-state index is 0.0356. The lowest BCUT2D eigenvalue weighted by Gasteiger charge is -2.11. The van der Waals surface area contributed by atoms with Crippen LogP contribution in [0.1, 0.15) is 55.2 Å². The Bertz CT molecular complexity index is 404. The summed E-state index contributed by atoms with van der Waals surface area (Å²) in [7, 11) is 0. The van der Waals surface area contributed by atoms with Crippen LogP contribution in [-0.4, -0.2) is 0 Å². The smallest absolute Gasteiger partial charge is 0.126 e. The highest BCUT2D eigenvalue weighted by molar-refractivity contribution is 5.41. The Morgan fingerprint density at radius 3 is 2.81 bits per heavy atom. The molecular weight excluding hydrogens is 199 g/mol. The van der Waals surface area contributed by atoms with Crippen LogP contribution in [0.3, 0.4) is 0 Å². The highest BCUT2D eigenvalue weighted by Crippen LogP contribution is 2.38. The van der Waals surface area contributed by atoms with Gasteiger partial charge in [0.25, 0.3) is 0 Å². The molecule has 2 aliphatic carbocycles. The molecule has 0 bridgehead atoms. The van der Waals surface area contributed by atoms with Crippen LogP contribution in [0.2, 0.25) is 0 Å². The van der Waals surface area contributed by atoms with Gasteiger partial charge in [0.15, 0.2) is 0 Å². The average molecular weight is 218 g/mol. The Kier molecular flexibility index (Phi) is 2.49. The Morgan fingerprint density at radius 2 is 2.06 bits per heavy atom. The van der Waals surface area contributed by atoms with Gasteiger partial charge in [0, 0.05) is 0 Å². The Balaban J connectivity index is 1.89. The quantitative estimate of drug-likeness (QED) is 0.712. The maximum absolute atomic E-state index is 13.8. The zero-order chi connectivity index (χ0) is 11.1. The lowest BCUT2D eigenvalue weighted by Crippen LogP contribution is -1.99. The third-order valence-electron chi connectivity index (χ3n) is 4.27. The fourth-order valence-electron chi connectivity index (χ4n) is 2.98. The van der Waals surface area contributed by atoms with Crippen molar-refractivity contribution >= 4 is 0 Å². The van der Waals surface area contributed by atoms with Gasteiger partial charge >= 0.3 is 0 Å². The molecule has 0 aromatic heterocycles. The van der Waals surface area contributed by atoms with Gasteiger partial charge in [-0.1, -0.05) is 25.8 Å². The largest absolute Gasteiger partial charge is 0.207 e. The van der Waals surface area contributed by atoms with Crippen LogP contribution in [-0.2, 0) is 12.8 Å². The SMILES string of the molecule is C[C@@H]1CCc2c1ccc(F)c2CCC1CC1. The topological polar surface area (TPSA) is 0 Å². The van der Waals surface area contributed by atoms with Gasteiger partial charge in [-0.15, -0.1) is 0 Å². The lowest BCUT2D eigenvalue weighted by atomic mass is 9.96. The molecular formula is C15H19F. The third kappa shape index (κ3) is 1.77. The van der Waals surface area contributed by atoms with E-state index < -0.39 is 0 Å². The Morgan fingerprint density at radius 1 is 1.25 bits per heavy atom. The summed E-state index contributed by atoms with van der Waals surface area (Å²) in [6.07, 6.45) is 7.19. The van der Waals surface area contributed by atoms with Crippen LogP contribution in [0.15, 0.2) is 12.1 Å². The van der Waals surface area contributed by atoms with Gasteiger partial charge in [-0.25, -0.2) is 4.39 Å². The van der Waals surface area contributed by atoms with E-state index in [-0.39, 0.29) is 5.82 Å². The number of rotatable bonds is 3. The van der Waals surface area contributed by atoms with Crippen molar-refractivity contribution in [2.24, 2.45) is 5.92 Å². The van der Waals surface area contributed by atoms with Crippen LogP contribution in [0.25, 0.3) is 0 Å². The second-order valence-electron chi connectivity index (χ2n) is 5.52. The van der Waals surface area contributed by atoms with Crippen molar-refractivity contribution in [2.75, 3.05) is 0 Å². The zero-order valence-corrected chi connectivity index (χ0v) is 9.93. The molecule has 0 amide bonds. The van der Waals surface area contributed by atoms with Crippen LogP contribution >= 0.6 is 0 Å². The normalized spacial score (nSPS) is 23.5. The molecule has 1 atom stereocenters. The van der Waals surface area contributed by atoms with E-state index in [4.69, 9.17) is 0 Å². The summed E-state index contributed by atoms with van der Waals surface area (Å²) >= 11 is 0. The summed E-state index contributed by atoms with van der Waals surface area (Å²) in [6, 6.07) is 3.69. The van der Waals surface area contributed by atoms with E-state index in [0.717, 1.165) is 24.3 Å². The molecule has 0 heterocycles. The molecule has 2 aliphatic rings. The Hall–Kier alpha value is -0.850. The molecule has 1 heteroatoms. The first-order valence-corrected chi connectivity index (χ1v) is 6.56. The van der Waals surface area contributed by atoms with E-state index in [0.29, 0.717) is 5.92 Å². The van der Waals surface area contributed by atoms with Crippen LogP contribution in [0.5, 0.6) is 0 Å². The summed E-state index contributed by atoms with van der Waals surface area (Å²) in [5.74, 6) is 1.57. The highest BCUT2D eigenvalue weighted by Gasteiger charge is 2.25. The molecule has 0 spiro atoms. The van der Waals surface area contributed by atoms with E-state index in [9.17, 15) is 4.39 Å². The second-order valence-corrected chi connectivity index (χ2v) is 5.52. The Labute approximate surface area is 96.9 Å². The molecule has 86 valence electrons. The van der Waals surface area contributed by atoms with Gasteiger partial charge in [-0.3, -0.25) is 0 Å². The summed E-state index contributed by atoms with van der Waals surface area (Å²) in [6.45, 7) is 2.26. The van der Waals surface area contributed by atoms with Crippen molar-refractivity contribution in [2.45, 2.75) is 51.4 Å². The minimum absolute atomic E-state index is 0.0356. The first-order valence-electron chi connectivity index (χ1n) is 6.56. The van der Waals surface area contributed by atoms with Crippen molar-refractivity contribution < 1.29 is 4.39 Å². The van der Waals surface area contributed by atoms with E-state index >= 15 is 0 Å². The number of hydrogen-bond acceptors (Lipinski definition) is 0. The summed E-state index contributed by atoms with van der Waals surface area (Å²) in [5, 5.41) is 0. The highest BCUT2D eigenvalue weighted by atomic mass is 19.1. The van der Waals surface area contributed by atoms with Gasteiger partial charge in [0.2, 0.25) is 0 Å². The van der Waals surface area contributed by atoms with Crippen molar-refractivity contribution in [3.05, 3.63) is 34.6 Å². The monoisotopic (exact) mass is 218 g/mol. The lowest BCUT2D eigenvalue weighted by molar-refractivity contribution is 0.594. The van der Waals surface area contributed by atoms with Gasteiger partial charge in [0.1, 0.15) is 5.82 Å². The number of fused-ring (bicyclic) bond motifs is 1. The van der Waals surface area contributed by atoms with E-state index in [1.54, 1.807) is 6.07 Å². The molecule has 1 saturated carbocycles. The van der Waals surface area contributed by atoms with E-state index in [2.05, 4.69) is 6.92 Å². The predicted molar refractivity (Wildman–Crippen MR) is 64.2 cm³/mol. The standard InChI is InChI=1S/C15H19F/c1-10-2-6-13-12(10)8-9-15(16)14(13)7-5-11-3-4-11/h8-11H,2-7H2,1H3/t10-/m1/s1. The van der Waals surface area contributed by atoms with E-state index in [1.165, 1.54) is 36.8 Å². The second kappa shape index (κ2) is 3.87. The molecule has 1 aromatic carbocycles. The molecule has 0 nitrogen and oxygen atoms in total. The van der Waals surface area contributed by atoms with Crippen LogP contribution in [0.4, 0.5) is 4.39 Å². The maximum atomic E-state index is 13.8.